The number of carbonyl (C=O) groups is 2. The van der Waals surface area contributed by atoms with Crippen molar-refractivity contribution in [2.45, 2.75) is 11.2 Å². The Hall–Kier alpha value is -1.90. The normalized spacial score (nSPS) is 23.8. The molecule has 1 aliphatic carbocycles. The van der Waals surface area contributed by atoms with Gasteiger partial charge in [-0.15, -0.1) is 0 Å². The van der Waals surface area contributed by atoms with Gasteiger partial charge in [-0.25, -0.2) is 0 Å². The number of carbonyl (C=O) groups excluding carboxylic acids is 1. The van der Waals surface area contributed by atoms with Crippen LogP contribution >= 0.6 is 0 Å². The molecule has 1 aliphatic heterocycles. The Morgan fingerprint density at radius 1 is 1.19 bits per heavy atom. The predicted molar refractivity (Wildman–Crippen MR) is 81.2 cm³/mol. The Balaban J connectivity index is 1.96. The average Bonchev–Trinajstić information content (AvgIpc) is 2.53. The molecule has 1 aromatic rings. The summed E-state index contributed by atoms with van der Waals surface area (Å²) in [7, 11) is 0. The van der Waals surface area contributed by atoms with Gasteiger partial charge in [0.05, 0.1) is 0 Å². The number of carboxylic acid groups (broad SMARTS) is 1. The van der Waals surface area contributed by atoms with E-state index in [1.54, 1.807) is 6.08 Å². The van der Waals surface area contributed by atoms with Crippen LogP contribution < -0.4 is 0 Å². The second kappa shape index (κ2) is 5.84. The van der Waals surface area contributed by atoms with Gasteiger partial charge < -0.3 is 0 Å². The van der Waals surface area contributed by atoms with Crippen molar-refractivity contribution in [2.75, 3.05) is 0 Å². The first-order chi connectivity index (χ1) is 10.2. The van der Waals surface area contributed by atoms with Gasteiger partial charge in [0.1, 0.15) is 0 Å². The number of ketones is 1. The molecule has 0 spiro atoms. The Bertz CT molecular complexity index is 671. The van der Waals surface area contributed by atoms with Crippen LogP contribution in [-0.4, -0.2) is 31.8 Å². The number of benzene rings is 1. The average molecular weight is 345 g/mol. The number of aliphatic carboxylic acids is 1. The van der Waals surface area contributed by atoms with Crippen molar-refractivity contribution in [3.05, 3.63) is 70.2 Å². The summed E-state index contributed by atoms with van der Waals surface area (Å²) in [6, 6.07) is 10.2. The maximum atomic E-state index is 11.9. The molecule has 0 saturated heterocycles. The van der Waals surface area contributed by atoms with Crippen molar-refractivity contribution >= 4 is 26.7 Å². The summed E-state index contributed by atoms with van der Waals surface area (Å²) >= 11 is 0.287. The van der Waals surface area contributed by atoms with E-state index < -0.39 is 11.8 Å². The second-order valence-electron chi connectivity index (χ2n) is 5.05. The van der Waals surface area contributed by atoms with Gasteiger partial charge in [0, 0.05) is 0 Å². The van der Waals surface area contributed by atoms with Crippen molar-refractivity contribution in [1.29, 1.82) is 0 Å². The fourth-order valence-corrected chi connectivity index (χ4v) is 5.26. The number of allylic oxidation sites excluding steroid dienone is 4. The maximum absolute atomic E-state index is 11.9. The third kappa shape index (κ3) is 2.65. The Morgan fingerprint density at radius 2 is 1.95 bits per heavy atom. The van der Waals surface area contributed by atoms with E-state index in [1.807, 2.05) is 24.3 Å². The summed E-state index contributed by atoms with van der Waals surface area (Å²) in [5, 5.41) is 10.0. The van der Waals surface area contributed by atoms with Gasteiger partial charge in [-0.2, -0.15) is 0 Å². The molecule has 3 rings (SSSR count). The molecule has 2 atom stereocenters. The van der Waals surface area contributed by atoms with Gasteiger partial charge in [0.25, 0.3) is 0 Å². The van der Waals surface area contributed by atoms with E-state index in [0.717, 1.165) is 10.9 Å². The van der Waals surface area contributed by atoms with Gasteiger partial charge in [-0.05, 0) is 0 Å². The summed E-state index contributed by atoms with van der Waals surface area (Å²) in [6.07, 6.45) is 5.52. The van der Waals surface area contributed by atoms with Crippen LogP contribution in [0.3, 0.4) is 0 Å². The van der Waals surface area contributed by atoms with E-state index in [0.29, 0.717) is 11.5 Å². The first kappa shape index (κ1) is 14.1. The fourth-order valence-electron chi connectivity index (χ4n) is 2.81. The monoisotopic (exact) mass is 346 g/mol. The van der Waals surface area contributed by atoms with Crippen molar-refractivity contribution in [3.63, 3.8) is 0 Å². The summed E-state index contributed by atoms with van der Waals surface area (Å²) in [5.74, 6) is -1.76. The molecule has 0 saturated carbocycles. The van der Waals surface area contributed by atoms with E-state index in [4.69, 9.17) is 5.11 Å². The molecule has 0 fully saturated rings. The van der Waals surface area contributed by atoms with Crippen molar-refractivity contribution in [2.24, 2.45) is 5.92 Å². The minimum absolute atomic E-state index is 0.103. The summed E-state index contributed by atoms with van der Waals surface area (Å²) in [5.41, 5.74) is 2.49. The van der Waals surface area contributed by atoms with E-state index in [-0.39, 0.29) is 20.9 Å². The van der Waals surface area contributed by atoms with Gasteiger partial charge in [0.15, 0.2) is 0 Å². The van der Waals surface area contributed by atoms with Gasteiger partial charge >= 0.3 is 129 Å². The minimum atomic E-state index is -1.38. The number of hydrogen-bond donors (Lipinski definition) is 1. The number of hydrogen-bond acceptors (Lipinski definition) is 2. The zero-order valence-corrected chi connectivity index (χ0v) is 12.9. The molecular weight excluding hydrogens is 331 g/mol. The van der Waals surface area contributed by atoms with Gasteiger partial charge in [0.2, 0.25) is 0 Å². The van der Waals surface area contributed by atoms with E-state index in [1.165, 1.54) is 5.56 Å². The number of Topliss-reactive ketones (excluding diaryl/α,β-unsaturated/α-hetero) is 1. The number of fused-ring (bicyclic) bond motifs is 1. The van der Waals surface area contributed by atoms with Crippen molar-refractivity contribution < 1.29 is 14.7 Å². The predicted octanol–water partition coefficient (Wildman–Crippen LogP) is 2.56. The molecule has 1 aromatic carbocycles. The van der Waals surface area contributed by atoms with Gasteiger partial charge in [-0.3, -0.25) is 0 Å². The Labute approximate surface area is 129 Å². The Kier molecular flexibility index (Phi) is 3.91. The van der Waals surface area contributed by atoms with Crippen LogP contribution in [0.2, 0.25) is 5.32 Å². The molecule has 1 N–H and O–H groups in total. The molecule has 2 aliphatic rings. The summed E-state index contributed by atoms with van der Waals surface area (Å²) in [4.78, 5) is 24.9. The molecule has 1 heterocycles. The molecular formula is C17H14O3Se. The zero-order chi connectivity index (χ0) is 14.8. The quantitative estimate of drug-likeness (QED) is 0.677. The summed E-state index contributed by atoms with van der Waals surface area (Å²) < 4.78 is 0. The van der Waals surface area contributed by atoms with Crippen LogP contribution in [0.25, 0.3) is 0 Å². The molecule has 3 nitrogen and oxygen atoms in total. The summed E-state index contributed by atoms with van der Waals surface area (Å²) in [6.45, 7) is 0. The molecule has 0 amide bonds. The van der Waals surface area contributed by atoms with Crippen molar-refractivity contribution in [3.8, 4) is 0 Å². The van der Waals surface area contributed by atoms with Crippen LogP contribution in [0.1, 0.15) is 11.5 Å². The molecule has 0 aromatic heterocycles. The second-order valence-corrected chi connectivity index (χ2v) is 6.94. The van der Waals surface area contributed by atoms with Crippen LogP contribution in [0, 0.1) is 5.92 Å². The van der Waals surface area contributed by atoms with Crippen LogP contribution in [0.4, 0.5) is 0 Å². The van der Waals surface area contributed by atoms with Crippen LogP contribution in [0.15, 0.2) is 64.7 Å². The van der Waals surface area contributed by atoms with Crippen LogP contribution in [0.5, 0.6) is 0 Å². The van der Waals surface area contributed by atoms with Crippen LogP contribution in [-0.2, 0) is 9.59 Å². The SMILES string of the molecule is O=C(O)C(=O)C1=CC=CC2C1=C[Se]CC2c1ccccc1. The first-order valence-corrected chi connectivity index (χ1v) is 8.91. The first-order valence-electron chi connectivity index (χ1n) is 6.71. The Morgan fingerprint density at radius 3 is 2.67 bits per heavy atom. The molecule has 2 unspecified atom stereocenters. The fraction of sp³-hybridized carbons (Fsp3) is 0.176. The standard InChI is InChI=1S/C17H14O3Se/c18-16(17(19)20)13-8-4-7-12-14(9-21-10-15(12)13)11-5-2-1-3-6-11/h1-8,10,12,14H,9H2,(H,19,20). The van der Waals surface area contributed by atoms with E-state index >= 15 is 0 Å². The topological polar surface area (TPSA) is 54.4 Å². The number of carboxylic acids is 1. The third-order valence-corrected chi connectivity index (χ3v) is 5.88. The molecule has 4 heteroatoms. The van der Waals surface area contributed by atoms with E-state index in [2.05, 4.69) is 23.2 Å². The van der Waals surface area contributed by atoms with Gasteiger partial charge in [-0.1, -0.05) is 0 Å². The molecule has 106 valence electrons. The van der Waals surface area contributed by atoms with E-state index in [9.17, 15) is 9.59 Å². The molecule has 21 heavy (non-hydrogen) atoms. The number of rotatable bonds is 3. The molecule has 0 bridgehead atoms. The third-order valence-electron chi connectivity index (χ3n) is 3.84. The molecule has 0 radical (unpaired) electrons. The zero-order valence-electron chi connectivity index (χ0n) is 11.2. The van der Waals surface area contributed by atoms with Crippen molar-refractivity contribution in [1.82, 2.24) is 0 Å².